The molecular formula is C52H50N4O2. The maximum atomic E-state index is 10.7. The van der Waals surface area contributed by atoms with Crippen molar-refractivity contribution in [1.82, 2.24) is 19.1 Å². The van der Waals surface area contributed by atoms with Crippen molar-refractivity contribution < 1.29 is 9.90 Å². The molecular weight excluding hydrogens is 713 g/mol. The number of carbonyl (C=O) groups is 1. The van der Waals surface area contributed by atoms with Crippen LogP contribution in [0.15, 0.2) is 207 Å². The summed E-state index contributed by atoms with van der Waals surface area (Å²) in [6.45, 7) is 0.225. The predicted octanol–water partition coefficient (Wildman–Crippen LogP) is 10.3. The quantitative estimate of drug-likeness (QED) is 0.0605. The SMILES string of the molecule is O=CCCCc1cn(C(c2ccccc2)(c2ccccc2)c2ccccc2)cn1.OCCCCc1cn(C(c2ccccc2)(c2ccccc2)c2ccccc2)cn1. The molecule has 0 saturated carbocycles. The number of aldehydes is 1. The van der Waals surface area contributed by atoms with Gasteiger partial charge in [-0.2, -0.15) is 0 Å². The van der Waals surface area contributed by atoms with Crippen molar-refractivity contribution in [2.75, 3.05) is 6.61 Å². The van der Waals surface area contributed by atoms with E-state index in [1.165, 1.54) is 33.4 Å². The van der Waals surface area contributed by atoms with Crippen LogP contribution in [-0.4, -0.2) is 37.1 Å². The Morgan fingerprint density at radius 2 is 0.724 bits per heavy atom. The van der Waals surface area contributed by atoms with E-state index in [4.69, 9.17) is 10.1 Å². The Balaban J connectivity index is 0.000000177. The Labute approximate surface area is 342 Å². The molecule has 58 heavy (non-hydrogen) atoms. The van der Waals surface area contributed by atoms with Crippen molar-refractivity contribution in [1.29, 1.82) is 0 Å². The zero-order valence-corrected chi connectivity index (χ0v) is 32.8. The summed E-state index contributed by atoms with van der Waals surface area (Å²) in [5, 5.41) is 9.10. The van der Waals surface area contributed by atoms with Crippen LogP contribution in [0.25, 0.3) is 0 Å². The van der Waals surface area contributed by atoms with Crippen LogP contribution in [0.5, 0.6) is 0 Å². The van der Waals surface area contributed by atoms with E-state index in [0.717, 1.165) is 49.8 Å². The molecule has 0 saturated heterocycles. The van der Waals surface area contributed by atoms with Gasteiger partial charge in [0.2, 0.25) is 0 Å². The number of hydrogen-bond acceptors (Lipinski definition) is 4. The Kier molecular flexibility index (Phi) is 13.3. The van der Waals surface area contributed by atoms with Gasteiger partial charge in [-0.05, 0) is 65.5 Å². The Hall–Kier alpha value is -6.63. The number of benzene rings is 6. The number of carbonyl (C=O) groups excluding carboxylic acids is 1. The molecule has 6 nitrogen and oxygen atoms in total. The second kappa shape index (κ2) is 19.5. The highest BCUT2D eigenvalue weighted by Gasteiger charge is 2.39. The summed E-state index contributed by atoms with van der Waals surface area (Å²) in [7, 11) is 0. The summed E-state index contributed by atoms with van der Waals surface area (Å²) in [4.78, 5) is 20.1. The lowest BCUT2D eigenvalue weighted by Crippen LogP contribution is -2.36. The van der Waals surface area contributed by atoms with E-state index in [-0.39, 0.29) is 6.61 Å². The zero-order valence-electron chi connectivity index (χ0n) is 32.8. The van der Waals surface area contributed by atoms with E-state index in [1.807, 2.05) is 30.9 Å². The minimum absolute atomic E-state index is 0.225. The number of nitrogens with zero attached hydrogens (tertiary/aromatic N) is 4. The standard InChI is InChI=1S/C26H26N2O.C26H24N2O/c2*29-19-11-10-18-25-20-28(21-27-25)26(22-12-4-1-5-13-22,23-14-6-2-7-15-23)24-16-8-3-9-17-24/h1-9,12-17,20-21,29H,10-11,18-19H2;1-9,12-17,19-21H,10-11,18H2. The molecule has 0 fully saturated rings. The molecule has 0 aliphatic carbocycles. The number of aromatic nitrogens is 4. The molecule has 0 aliphatic rings. The maximum absolute atomic E-state index is 10.7. The first kappa shape index (κ1) is 39.6. The Morgan fingerprint density at radius 1 is 0.431 bits per heavy atom. The monoisotopic (exact) mass is 762 g/mol. The molecule has 8 rings (SSSR count). The van der Waals surface area contributed by atoms with E-state index < -0.39 is 11.1 Å². The third kappa shape index (κ3) is 8.38. The molecule has 0 spiro atoms. The Morgan fingerprint density at radius 3 is 1.00 bits per heavy atom. The zero-order chi connectivity index (χ0) is 39.9. The molecule has 6 aromatic carbocycles. The molecule has 0 radical (unpaired) electrons. The van der Waals surface area contributed by atoms with Crippen LogP contribution in [0, 0.1) is 0 Å². The van der Waals surface area contributed by atoms with Crippen molar-refractivity contribution in [3.05, 3.63) is 252 Å². The molecule has 2 aromatic heterocycles. The number of imidazole rings is 2. The molecule has 6 heteroatoms. The van der Waals surface area contributed by atoms with Crippen LogP contribution < -0.4 is 0 Å². The fourth-order valence-electron chi connectivity index (χ4n) is 8.11. The van der Waals surface area contributed by atoms with Gasteiger partial charge in [-0.15, -0.1) is 0 Å². The lowest BCUT2D eigenvalue weighted by atomic mass is 9.77. The van der Waals surface area contributed by atoms with E-state index >= 15 is 0 Å². The van der Waals surface area contributed by atoms with Gasteiger partial charge >= 0.3 is 0 Å². The molecule has 0 atom stereocenters. The van der Waals surface area contributed by atoms with Crippen LogP contribution in [0.1, 0.15) is 70.5 Å². The lowest BCUT2D eigenvalue weighted by Gasteiger charge is -2.37. The highest BCUT2D eigenvalue weighted by Crippen LogP contribution is 2.42. The summed E-state index contributed by atoms with van der Waals surface area (Å²) in [6, 6.07) is 63.5. The predicted molar refractivity (Wildman–Crippen MR) is 233 cm³/mol. The van der Waals surface area contributed by atoms with Crippen molar-refractivity contribution in [3.63, 3.8) is 0 Å². The van der Waals surface area contributed by atoms with E-state index in [0.29, 0.717) is 6.42 Å². The maximum Gasteiger partial charge on any atom is 0.121 e. The fraction of sp³-hybridized carbons (Fsp3) is 0.173. The van der Waals surface area contributed by atoms with E-state index in [1.54, 1.807) is 0 Å². The summed E-state index contributed by atoms with van der Waals surface area (Å²) < 4.78 is 4.45. The molecule has 290 valence electrons. The van der Waals surface area contributed by atoms with E-state index in [9.17, 15) is 4.79 Å². The van der Waals surface area contributed by atoms with Crippen molar-refractivity contribution in [2.45, 2.75) is 49.6 Å². The minimum Gasteiger partial charge on any atom is -0.396 e. The van der Waals surface area contributed by atoms with Gasteiger partial charge in [0.25, 0.3) is 0 Å². The number of hydrogen-bond donors (Lipinski definition) is 1. The van der Waals surface area contributed by atoms with Gasteiger partial charge in [0.15, 0.2) is 0 Å². The number of rotatable bonds is 16. The van der Waals surface area contributed by atoms with Crippen molar-refractivity contribution in [2.24, 2.45) is 0 Å². The largest absolute Gasteiger partial charge is 0.396 e. The number of unbranched alkanes of at least 4 members (excludes halogenated alkanes) is 2. The first-order chi connectivity index (χ1) is 28.7. The third-order valence-corrected chi connectivity index (χ3v) is 10.8. The molecule has 1 N–H and O–H groups in total. The first-order valence-electron chi connectivity index (χ1n) is 20.2. The Bertz CT molecular complexity index is 2200. The molecule has 0 aliphatic heterocycles. The van der Waals surface area contributed by atoms with Crippen LogP contribution in [0.2, 0.25) is 0 Å². The fourth-order valence-corrected chi connectivity index (χ4v) is 8.11. The normalized spacial score (nSPS) is 11.4. The molecule has 0 amide bonds. The molecule has 2 heterocycles. The smallest absolute Gasteiger partial charge is 0.121 e. The number of aliphatic hydroxyl groups excluding tert-OH is 1. The molecule has 8 aromatic rings. The molecule has 0 bridgehead atoms. The van der Waals surface area contributed by atoms with Crippen molar-refractivity contribution in [3.8, 4) is 0 Å². The average Bonchev–Trinajstić information content (AvgIpc) is 3.98. The average molecular weight is 763 g/mol. The number of aryl methyl sites for hydroxylation is 2. The summed E-state index contributed by atoms with van der Waals surface area (Å²) in [5.74, 6) is 0. The van der Waals surface area contributed by atoms with Gasteiger partial charge in [0, 0.05) is 25.4 Å². The summed E-state index contributed by atoms with van der Waals surface area (Å²) in [5.41, 5.74) is 8.11. The highest BCUT2D eigenvalue weighted by atomic mass is 16.2. The number of aliphatic hydroxyl groups is 1. The van der Waals surface area contributed by atoms with Gasteiger partial charge in [-0.25, -0.2) is 9.97 Å². The summed E-state index contributed by atoms with van der Waals surface area (Å²) in [6.07, 6.45) is 13.9. The second-order valence-electron chi connectivity index (χ2n) is 14.4. The van der Waals surface area contributed by atoms with Gasteiger partial charge in [0.1, 0.15) is 17.4 Å². The van der Waals surface area contributed by atoms with Gasteiger partial charge in [-0.1, -0.05) is 182 Å². The van der Waals surface area contributed by atoms with Crippen LogP contribution in [0.3, 0.4) is 0 Å². The third-order valence-electron chi connectivity index (χ3n) is 10.8. The van der Waals surface area contributed by atoms with E-state index in [2.05, 4.69) is 190 Å². The molecule has 0 unspecified atom stereocenters. The van der Waals surface area contributed by atoms with Crippen molar-refractivity contribution >= 4 is 6.29 Å². The van der Waals surface area contributed by atoms with Gasteiger partial charge < -0.3 is 19.0 Å². The second-order valence-corrected chi connectivity index (χ2v) is 14.4. The first-order valence-corrected chi connectivity index (χ1v) is 20.2. The lowest BCUT2D eigenvalue weighted by molar-refractivity contribution is -0.107. The van der Waals surface area contributed by atoms with Gasteiger partial charge in [0.05, 0.1) is 24.0 Å². The van der Waals surface area contributed by atoms with Gasteiger partial charge in [-0.3, -0.25) is 0 Å². The summed E-state index contributed by atoms with van der Waals surface area (Å²) >= 11 is 0. The van der Waals surface area contributed by atoms with Crippen LogP contribution in [-0.2, 0) is 28.7 Å². The topological polar surface area (TPSA) is 72.9 Å². The van der Waals surface area contributed by atoms with Crippen LogP contribution in [0.4, 0.5) is 0 Å². The minimum atomic E-state index is -0.528. The van der Waals surface area contributed by atoms with Crippen LogP contribution >= 0.6 is 0 Å². The highest BCUT2D eigenvalue weighted by molar-refractivity contribution is 5.52.